The van der Waals surface area contributed by atoms with Crippen molar-refractivity contribution in [3.63, 3.8) is 0 Å². The molecule has 2 aromatic rings. The Balaban J connectivity index is 1.99. The lowest BCUT2D eigenvalue weighted by molar-refractivity contribution is -0.115. The molecule has 1 fully saturated rings. The van der Waals surface area contributed by atoms with Crippen LogP contribution in [0.1, 0.15) is 10.9 Å². The van der Waals surface area contributed by atoms with Crippen molar-refractivity contribution >= 4 is 62.5 Å². The Hall–Kier alpha value is -0.680. The van der Waals surface area contributed by atoms with Crippen molar-refractivity contribution in [2.45, 2.75) is 5.37 Å². The van der Waals surface area contributed by atoms with Crippen LogP contribution in [0.3, 0.4) is 0 Å². The molecule has 2 nitrogen and oxygen atoms in total. The van der Waals surface area contributed by atoms with Gasteiger partial charge in [-0.25, -0.2) is 0 Å². The van der Waals surface area contributed by atoms with Crippen LogP contribution in [-0.2, 0) is 4.79 Å². The van der Waals surface area contributed by atoms with Gasteiger partial charge < -0.3 is 0 Å². The smallest absolute Gasteiger partial charge is 0.238 e. The van der Waals surface area contributed by atoms with Gasteiger partial charge in [0.25, 0.3) is 0 Å². The van der Waals surface area contributed by atoms with Crippen LogP contribution in [0.5, 0.6) is 0 Å². The Morgan fingerprint density at radius 3 is 2.48 bits per heavy atom. The second kappa shape index (κ2) is 6.21. The predicted octanol–water partition coefficient (Wildman–Crippen LogP) is 5.53. The van der Waals surface area contributed by atoms with Gasteiger partial charge in [0, 0.05) is 10.2 Å². The van der Waals surface area contributed by atoms with Gasteiger partial charge >= 0.3 is 0 Å². The summed E-state index contributed by atoms with van der Waals surface area (Å²) in [5, 5.41) is 0.899. The first-order chi connectivity index (χ1) is 10.1. The van der Waals surface area contributed by atoms with Gasteiger partial charge in [-0.1, -0.05) is 51.3 Å². The van der Waals surface area contributed by atoms with Crippen molar-refractivity contribution in [3.8, 4) is 0 Å². The van der Waals surface area contributed by atoms with E-state index >= 15 is 0 Å². The summed E-state index contributed by atoms with van der Waals surface area (Å²) in [5.41, 5.74) is 1.85. The van der Waals surface area contributed by atoms with Gasteiger partial charge in [0.2, 0.25) is 5.91 Å². The first-order valence-corrected chi connectivity index (χ1v) is 8.80. The van der Waals surface area contributed by atoms with Gasteiger partial charge in [-0.3, -0.25) is 9.69 Å². The fraction of sp³-hybridized carbons (Fsp3) is 0.133. The van der Waals surface area contributed by atoms with Gasteiger partial charge in [0.15, 0.2) is 0 Å². The summed E-state index contributed by atoms with van der Waals surface area (Å²) in [4.78, 5) is 14.0. The quantitative estimate of drug-likeness (QED) is 0.657. The molecule has 21 heavy (non-hydrogen) atoms. The molecule has 0 unspecified atom stereocenters. The summed E-state index contributed by atoms with van der Waals surface area (Å²) in [6.07, 6.45) is 0. The third-order valence-corrected chi connectivity index (χ3v) is 5.68. The lowest BCUT2D eigenvalue weighted by atomic mass is 10.2. The summed E-state index contributed by atoms with van der Waals surface area (Å²) >= 11 is 17.1. The van der Waals surface area contributed by atoms with E-state index in [1.807, 2.05) is 30.3 Å². The molecule has 1 saturated heterocycles. The number of rotatable bonds is 2. The molecule has 0 radical (unpaired) electrons. The van der Waals surface area contributed by atoms with E-state index in [9.17, 15) is 4.79 Å². The number of amides is 1. The molecular formula is C15H10BrCl2NOS. The van der Waals surface area contributed by atoms with Crippen LogP contribution >= 0.6 is 50.9 Å². The Kier molecular flexibility index (Phi) is 4.50. The third kappa shape index (κ3) is 3.09. The molecular weight excluding hydrogens is 393 g/mol. The molecule has 0 spiro atoms. The number of halogens is 3. The summed E-state index contributed by atoms with van der Waals surface area (Å²) in [6.45, 7) is 0. The number of nitrogens with zero attached hydrogens (tertiary/aromatic N) is 1. The SMILES string of the molecule is O=C1CS[C@@H](c2ccc(Br)cc2)N1c1ccc(Cl)c(Cl)c1. The maximum atomic E-state index is 12.2. The molecule has 1 atom stereocenters. The van der Waals surface area contributed by atoms with E-state index in [2.05, 4.69) is 15.9 Å². The Labute approximate surface area is 145 Å². The van der Waals surface area contributed by atoms with Gasteiger partial charge in [-0.2, -0.15) is 0 Å². The van der Waals surface area contributed by atoms with E-state index in [1.165, 1.54) is 0 Å². The number of hydrogen-bond donors (Lipinski definition) is 0. The fourth-order valence-electron chi connectivity index (χ4n) is 2.21. The normalized spacial score (nSPS) is 18.3. The second-order valence-electron chi connectivity index (χ2n) is 4.58. The number of thioether (sulfide) groups is 1. The number of carbonyl (C=O) groups is 1. The molecule has 1 aliphatic heterocycles. The highest BCUT2D eigenvalue weighted by Crippen LogP contribution is 2.43. The molecule has 1 amide bonds. The molecule has 6 heteroatoms. The lowest BCUT2D eigenvalue weighted by Crippen LogP contribution is -2.27. The summed E-state index contributed by atoms with van der Waals surface area (Å²) < 4.78 is 1.02. The van der Waals surface area contributed by atoms with E-state index < -0.39 is 0 Å². The molecule has 1 heterocycles. The molecule has 3 rings (SSSR count). The fourth-order valence-corrected chi connectivity index (χ4v) is 3.95. The summed E-state index contributed by atoms with van der Waals surface area (Å²) in [5.74, 6) is 0.535. The van der Waals surface area contributed by atoms with Crippen LogP contribution < -0.4 is 4.90 Å². The van der Waals surface area contributed by atoms with Crippen molar-refractivity contribution in [1.82, 2.24) is 0 Å². The zero-order valence-electron chi connectivity index (χ0n) is 10.7. The molecule has 0 aromatic heterocycles. The van der Waals surface area contributed by atoms with Gasteiger partial charge in [0.1, 0.15) is 5.37 Å². The van der Waals surface area contributed by atoms with Crippen molar-refractivity contribution in [2.24, 2.45) is 0 Å². The van der Waals surface area contributed by atoms with Crippen LogP contribution in [0.25, 0.3) is 0 Å². The minimum absolute atomic E-state index is 0.0390. The van der Waals surface area contributed by atoms with Gasteiger partial charge in [0.05, 0.1) is 15.8 Å². The number of benzene rings is 2. The van der Waals surface area contributed by atoms with E-state index in [4.69, 9.17) is 23.2 Å². The van der Waals surface area contributed by atoms with Crippen molar-refractivity contribution in [1.29, 1.82) is 0 Å². The van der Waals surface area contributed by atoms with Gasteiger partial charge in [-0.15, -0.1) is 11.8 Å². The first kappa shape index (κ1) is 15.2. The van der Waals surface area contributed by atoms with Gasteiger partial charge in [-0.05, 0) is 35.9 Å². The van der Waals surface area contributed by atoms with E-state index in [0.29, 0.717) is 15.8 Å². The average molecular weight is 403 g/mol. The average Bonchev–Trinajstić information content (AvgIpc) is 2.85. The third-order valence-electron chi connectivity index (χ3n) is 3.20. The van der Waals surface area contributed by atoms with Crippen LogP contribution in [0, 0.1) is 0 Å². The number of anilines is 1. The molecule has 1 aliphatic rings. The zero-order chi connectivity index (χ0) is 15.0. The number of hydrogen-bond acceptors (Lipinski definition) is 2. The minimum Gasteiger partial charge on any atom is -0.295 e. The molecule has 0 bridgehead atoms. The minimum atomic E-state index is -0.0390. The highest BCUT2D eigenvalue weighted by atomic mass is 79.9. The highest BCUT2D eigenvalue weighted by molar-refractivity contribution is 9.10. The zero-order valence-corrected chi connectivity index (χ0v) is 14.6. The Bertz CT molecular complexity index is 693. The second-order valence-corrected chi connectivity index (χ2v) is 7.38. The van der Waals surface area contributed by atoms with Crippen molar-refractivity contribution < 1.29 is 4.79 Å². The lowest BCUT2D eigenvalue weighted by Gasteiger charge is -2.24. The molecule has 108 valence electrons. The molecule has 2 aromatic carbocycles. The monoisotopic (exact) mass is 401 g/mol. The molecule has 0 aliphatic carbocycles. The largest absolute Gasteiger partial charge is 0.295 e. The summed E-state index contributed by atoms with van der Waals surface area (Å²) in [6, 6.07) is 13.3. The van der Waals surface area contributed by atoms with E-state index in [0.717, 1.165) is 15.7 Å². The molecule has 0 saturated carbocycles. The first-order valence-electron chi connectivity index (χ1n) is 6.20. The van der Waals surface area contributed by atoms with Crippen LogP contribution in [-0.4, -0.2) is 11.7 Å². The highest BCUT2D eigenvalue weighted by Gasteiger charge is 2.34. The van der Waals surface area contributed by atoms with Crippen LogP contribution in [0.15, 0.2) is 46.9 Å². The maximum Gasteiger partial charge on any atom is 0.238 e. The Morgan fingerprint density at radius 2 is 1.81 bits per heavy atom. The van der Waals surface area contributed by atoms with E-state index in [-0.39, 0.29) is 11.3 Å². The predicted molar refractivity (Wildman–Crippen MR) is 93.3 cm³/mol. The van der Waals surface area contributed by atoms with Crippen LogP contribution in [0.4, 0.5) is 5.69 Å². The standard InChI is InChI=1S/C15H10BrCl2NOS/c16-10-3-1-9(2-4-10)15-19(14(20)8-21-15)11-5-6-12(17)13(18)7-11/h1-7,15H,8H2/t15-/m0/s1. The number of carbonyl (C=O) groups excluding carboxylic acids is 1. The van der Waals surface area contributed by atoms with E-state index in [1.54, 1.807) is 28.8 Å². The van der Waals surface area contributed by atoms with Crippen molar-refractivity contribution in [2.75, 3.05) is 10.7 Å². The maximum absolute atomic E-state index is 12.2. The topological polar surface area (TPSA) is 20.3 Å². The van der Waals surface area contributed by atoms with Crippen LogP contribution in [0.2, 0.25) is 10.0 Å². The Morgan fingerprint density at radius 1 is 1.10 bits per heavy atom. The summed E-state index contributed by atoms with van der Waals surface area (Å²) in [7, 11) is 0. The van der Waals surface area contributed by atoms with Crippen molar-refractivity contribution in [3.05, 3.63) is 62.5 Å². The molecule has 0 N–H and O–H groups in total.